The Morgan fingerprint density at radius 3 is 1.78 bits per heavy atom. The molecule has 0 radical (unpaired) electrons. The van der Waals surface area contributed by atoms with Gasteiger partial charge >= 0.3 is 16.4 Å². The van der Waals surface area contributed by atoms with Gasteiger partial charge in [0.05, 0.1) is 40.0 Å². The van der Waals surface area contributed by atoms with Gasteiger partial charge in [0.2, 0.25) is 0 Å². The summed E-state index contributed by atoms with van der Waals surface area (Å²) in [4.78, 5) is 23.8. The number of phenols is 3. The number of amides is 1. The van der Waals surface area contributed by atoms with Gasteiger partial charge in [0.25, 0.3) is 5.91 Å². The van der Waals surface area contributed by atoms with E-state index < -0.39 is 61.7 Å². The van der Waals surface area contributed by atoms with Crippen molar-refractivity contribution in [1.82, 2.24) is 0 Å². The van der Waals surface area contributed by atoms with Gasteiger partial charge in [0, 0.05) is 11.3 Å². The van der Waals surface area contributed by atoms with Crippen LogP contribution in [0.4, 0.5) is 39.8 Å². The first kappa shape index (κ1) is 39.3. The van der Waals surface area contributed by atoms with Crippen LogP contribution in [0.2, 0.25) is 0 Å². The van der Waals surface area contributed by atoms with Crippen LogP contribution in [-0.4, -0.2) is 66.1 Å². The quantitative estimate of drug-likeness (QED) is 0.0468. The van der Waals surface area contributed by atoms with Crippen molar-refractivity contribution < 1.29 is 55.6 Å². The van der Waals surface area contributed by atoms with Crippen molar-refractivity contribution >= 4 is 71.9 Å². The third-order valence-corrected chi connectivity index (χ3v) is 9.33. The van der Waals surface area contributed by atoms with Crippen LogP contribution in [0.1, 0.15) is 20.7 Å². The van der Waals surface area contributed by atoms with Gasteiger partial charge in [-0.25, -0.2) is 17.4 Å². The van der Waals surface area contributed by atoms with E-state index in [9.17, 15) is 41.7 Å². The van der Waals surface area contributed by atoms with Crippen molar-refractivity contribution in [1.29, 1.82) is 0 Å². The minimum absolute atomic E-state index is 0.105. The zero-order valence-corrected chi connectivity index (χ0v) is 29.5. The molecule has 0 unspecified atom stereocenters. The van der Waals surface area contributed by atoms with Gasteiger partial charge in [-0.3, -0.25) is 9.35 Å². The number of azo groups is 3. The van der Waals surface area contributed by atoms with Gasteiger partial charge in [-0.2, -0.15) is 28.9 Å². The van der Waals surface area contributed by atoms with Crippen molar-refractivity contribution in [2.24, 2.45) is 30.7 Å². The molecule has 5 aromatic rings. The first-order chi connectivity index (χ1) is 26.1. The second kappa shape index (κ2) is 16.8. The summed E-state index contributed by atoms with van der Waals surface area (Å²) in [5.74, 6) is -3.85. The highest BCUT2D eigenvalue weighted by atomic mass is 32.3. The zero-order valence-electron chi connectivity index (χ0n) is 27.8. The minimum Gasteiger partial charge on any atom is -0.507 e. The number of rotatable bonds is 14. The molecular formula is C34H27N7O12S2. The van der Waals surface area contributed by atoms with Crippen LogP contribution in [-0.2, 0) is 24.4 Å². The fraction of sp³-hybridized carbons (Fsp3) is 0.0588. The number of anilines is 1. The molecule has 6 N–H and O–H groups in total. The standard InChI is InChI=1S/C34H27N7O12S2/c42-29-15-11-25(19-27(29)34(46)47)39-36-22-3-1-20(2-4-22)33(45)35-21-5-7-23(8-6-21)38-41-31-30(43)16-14-28(32(31)44)40-37-24-9-12-26(13-10-24)54(48,49)18-17-53-55(50,51)52/h1-16,19,42-44H,17-18H2,(H,35,45)(H,46,47)(H,50,51,52). The Morgan fingerprint density at radius 2 is 1.16 bits per heavy atom. The molecule has 1 amide bonds. The van der Waals surface area contributed by atoms with Crippen LogP contribution in [0.3, 0.4) is 0 Å². The number of aromatic hydroxyl groups is 3. The third-order valence-electron chi connectivity index (χ3n) is 7.17. The van der Waals surface area contributed by atoms with Gasteiger partial charge in [-0.05, 0) is 103 Å². The summed E-state index contributed by atoms with van der Waals surface area (Å²) in [7, 11) is -8.74. The van der Waals surface area contributed by atoms with E-state index in [1.54, 1.807) is 12.1 Å². The molecule has 282 valence electrons. The topological polar surface area (TPSA) is 299 Å². The number of carbonyl (C=O) groups is 2. The second-order valence-corrected chi connectivity index (χ2v) is 14.2. The van der Waals surface area contributed by atoms with E-state index in [-0.39, 0.29) is 33.2 Å². The molecule has 0 aliphatic heterocycles. The van der Waals surface area contributed by atoms with E-state index >= 15 is 0 Å². The Bertz CT molecular complexity index is 2550. The highest BCUT2D eigenvalue weighted by Crippen LogP contribution is 2.44. The first-order valence-corrected chi connectivity index (χ1v) is 18.4. The largest absolute Gasteiger partial charge is 0.507 e. The number of carbonyl (C=O) groups excluding carboxylic acids is 1. The Balaban J connectivity index is 1.18. The summed E-state index contributed by atoms with van der Waals surface area (Å²) in [6, 6.07) is 23.4. The average molecular weight is 790 g/mol. The van der Waals surface area contributed by atoms with Gasteiger partial charge in [0.1, 0.15) is 22.7 Å². The maximum absolute atomic E-state index is 12.8. The molecule has 0 saturated carbocycles. The number of carboxylic acid groups (broad SMARTS) is 1. The molecule has 0 bridgehead atoms. The number of hydrogen-bond acceptors (Lipinski definition) is 16. The lowest BCUT2D eigenvalue weighted by molar-refractivity contribution is 0.0693. The van der Waals surface area contributed by atoms with E-state index in [4.69, 9.17) is 9.66 Å². The molecule has 0 aliphatic carbocycles. The number of sulfone groups is 1. The SMILES string of the molecule is O=C(Nc1ccc(N=Nc2c(O)ccc(N=Nc3ccc(S(=O)(=O)CCOS(=O)(=O)O)cc3)c2O)cc1)c1ccc(N=Nc2ccc(O)c(C(=O)O)c2)cc1. The minimum atomic E-state index is -4.79. The summed E-state index contributed by atoms with van der Waals surface area (Å²) in [5, 5.41) is 66.3. The summed E-state index contributed by atoms with van der Waals surface area (Å²) >= 11 is 0. The van der Waals surface area contributed by atoms with Crippen LogP contribution in [0.15, 0.2) is 139 Å². The molecule has 19 nitrogen and oxygen atoms in total. The highest BCUT2D eigenvalue weighted by molar-refractivity contribution is 7.91. The monoisotopic (exact) mass is 789 g/mol. The smallest absolute Gasteiger partial charge is 0.397 e. The number of carboxylic acids is 1. The maximum Gasteiger partial charge on any atom is 0.397 e. The summed E-state index contributed by atoms with van der Waals surface area (Å²) in [5.41, 5.74) is 1.04. The van der Waals surface area contributed by atoms with E-state index in [0.29, 0.717) is 22.6 Å². The summed E-state index contributed by atoms with van der Waals surface area (Å²) < 4.78 is 58.6. The number of aromatic carboxylic acids is 1. The molecule has 0 spiro atoms. The molecule has 0 aliphatic rings. The number of benzene rings is 5. The molecule has 0 aromatic heterocycles. The van der Waals surface area contributed by atoms with Gasteiger partial charge < -0.3 is 25.7 Å². The predicted octanol–water partition coefficient (Wildman–Crippen LogP) is 7.59. The van der Waals surface area contributed by atoms with Crippen LogP contribution >= 0.6 is 0 Å². The Labute approximate surface area is 311 Å². The van der Waals surface area contributed by atoms with Gasteiger partial charge in [0.15, 0.2) is 21.3 Å². The molecule has 5 aromatic carbocycles. The van der Waals surface area contributed by atoms with Crippen molar-refractivity contribution in [2.45, 2.75) is 4.90 Å². The fourth-order valence-corrected chi connectivity index (χ4v) is 5.90. The molecule has 0 fully saturated rings. The highest BCUT2D eigenvalue weighted by Gasteiger charge is 2.17. The molecule has 0 heterocycles. The average Bonchev–Trinajstić information content (AvgIpc) is 3.14. The molecule has 55 heavy (non-hydrogen) atoms. The van der Waals surface area contributed by atoms with Crippen LogP contribution in [0.25, 0.3) is 0 Å². The van der Waals surface area contributed by atoms with Crippen LogP contribution < -0.4 is 5.32 Å². The van der Waals surface area contributed by atoms with Crippen molar-refractivity contribution in [3.63, 3.8) is 0 Å². The molecule has 0 atom stereocenters. The van der Waals surface area contributed by atoms with Gasteiger partial charge in [-0.1, -0.05) is 0 Å². The number of nitrogens with zero attached hydrogens (tertiary/aromatic N) is 6. The molecule has 5 rings (SSSR count). The maximum atomic E-state index is 12.8. The predicted molar refractivity (Wildman–Crippen MR) is 194 cm³/mol. The first-order valence-electron chi connectivity index (χ1n) is 15.4. The van der Waals surface area contributed by atoms with Crippen LogP contribution in [0.5, 0.6) is 17.2 Å². The zero-order chi connectivity index (χ0) is 39.8. The molecule has 0 saturated heterocycles. The van der Waals surface area contributed by atoms with E-state index in [1.165, 1.54) is 91.0 Å². The summed E-state index contributed by atoms with van der Waals surface area (Å²) in [6.07, 6.45) is 0. The third kappa shape index (κ3) is 10.8. The molecular weight excluding hydrogens is 763 g/mol. The van der Waals surface area contributed by atoms with Crippen LogP contribution in [0, 0.1) is 0 Å². The lowest BCUT2D eigenvalue weighted by Gasteiger charge is -2.06. The lowest BCUT2D eigenvalue weighted by Crippen LogP contribution is -2.15. The van der Waals surface area contributed by atoms with Crippen molar-refractivity contribution in [3.05, 3.63) is 114 Å². The lowest BCUT2D eigenvalue weighted by atomic mass is 10.2. The normalized spacial score (nSPS) is 12.1. The number of hydrogen-bond donors (Lipinski definition) is 6. The Kier molecular flexibility index (Phi) is 12.0. The second-order valence-electron chi connectivity index (χ2n) is 11.0. The number of nitrogens with one attached hydrogen (secondary N) is 1. The number of phenolic OH excluding ortho intramolecular Hbond substituents is 2. The van der Waals surface area contributed by atoms with Crippen molar-refractivity contribution in [2.75, 3.05) is 17.7 Å². The summed E-state index contributed by atoms with van der Waals surface area (Å²) in [6.45, 7) is -0.785. The van der Waals surface area contributed by atoms with Gasteiger partial charge in [-0.15, -0.1) is 10.2 Å². The molecule has 21 heteroatoms. The fourth-order valence-electron chi connectivity index (χ4n) is 4.41. The van der Waals surface area contributed by atoms with Crippen molar-refractivity contribution in [3.8, 4) is 17.2 Å². The van der Waals surface area contributed by atoms with E-state index in [1.807, 2.05) is 0 Å². The van der Waals surface area contributed by atoms with E-state index in [2.05, 4.69) is 40.2 Å². The Morgan fingerprint density at radius 1 is 0.636 bits per heavy atom. The Hall–Kier alpha value is -6.94. The van der Waals surface area contributed by atoms with E-state index in [0.717, 1.165) is 0 Å².